The number of piperidine rings is 1. The number of anilines is 3. The van der Waals surface area contributed by atoms with E-state index in [0.717, 1.165) is 62.9 Å². The SMILES string of the molecule is Cc1cc(Nc2ncn(-c3cc(F)cc(F)c3)n2)cc(N2CCC(N3CCOC(C)C3)CC2)c1. The van der Waals surface area contributed by atoms with Crippen LogP contribution in [0.4, 0.5) is 26.1 Å². The fraction of sp³-hybridized carbons (Fsp3) is 0.440. The molecule has 3 heterocycles. The van der Waals surface area contributed by atoms with E-state index in [1.165, 1.54) is 28.8 Å². The lowest BCUT2D eigenvalue weighted by Gasteiger charge is -2.42. The molecule has 7 nitrogen and oxygen atoms in total. The molecular weight excluding hydrogens is 438 g/mol. The Hall–Kier alpha value is -3.04. The number of nitrogens with zero attached hydrogens (tertiary/aromatic N) is 5. The van der Waals surface area contributed by atoms with E-state index in [9.17, 15) is 8.78 Å². The molecule has 2 fully saturated rings. The molecule has 2 saturated heterocycles. The van der Waals surface area contributed by atoms with Crippen LogP contribution in [-0.4, -0.2) is 64.6 Å². The lowest BCUT2D eigenvalue weighted by Crippen LogP contribution is -2.51. The topological polar surface area (TPSA) is 58.5 Å². The van der Waals surface area contributed by atoms with Gasteiger partial charge in [-0.3, -0.25) is 4.90 Å². The van der Waals surface area contributed by atoms with Gasteiger partial charge in [-0.2, -0.15) is 4.98 Å². The molecule has 0 bridgehead atoms. The summed E-state index contributed by atoms with van der Waals surface area (Å²) in [4.78, 5) is 9.27. The summed E-state index contributed by atoms with van der Waals surface area (Å²) >= 11 is 0. The van der Waals surface area contributed by atoms with Gasteiger partial charge in [-0.15, -0.1) is 5.10 Å². The molecule has 1 atom stereocenters. The third kappa shape index (κ3) is 5.20. The van der Waals surface area contributed by atoms with Gasteiger partial charge < -0.3 is 15.0 Å². The van der Waals surface area contributed by atoms with Gasteiger partial charge in [-0.25, -0.2) is 13.5 Å². The zero-order chi connectivity index (χ0) is 23.7. The third-order valence-electron chi connectivity index (χ3n) is 6.54. The molecule has 0 radical (unpaired) electrons. The Kier molecular flexibility index (Phi) is 6.47. The summed E-state index contributed by atoms with van der Waals surface area (Å²) in [6.07, 6.45) is 4.03. The Balaban J connectivity index is 1.25. The van der Waals surface area contributed by atoms with Crippen LogP contribution in [-0.2, 0) is 4.74 Å². The van der Waals surface area contributed by atoms with Crippen molar-refractivity contribution in [1.82, 2.24) is 19.7 Å². The van der Waals surface area contributed by atoms with Crippen molar-refractivity contribution in [3.63, 3.8) is 0 Å². The molecule has 9 heteroatoms. The predicted octanol–water partition coefficient (Wildman–Crippen LogP) is 4.29. The Morgan fingerprint density at radius 1 is 0.971 bits per heavy atom. The number of ether oxygens (including phenoxy) is 1. The van der Waals surface area contributed by atoms with Gasteiger partial charge >= 0.3 is 0 Å². The summed E-state index contributed by atoms with van der Waals surface area (Å²) in [7, 11) is 0. The molecule has 2 aromatic carbocycles. The molecule has 2 aliphatic heterocycles. The highest BCUT2D eigenvalue weighted by molar-refractivity contribution is 5.64. The van der Waals surface area contributed by atoms with Crippen LogP contribution in [0.25, 0.3) is 5.69 Å². The van der Waals surface area contributed by atoms with Crippen LogP contribution in [0.15, 0.2) is 42.7 Å². The number of halogens is 2. The van der Waals surface area contributed by atoms with E-state index in [4.69, 9.17) is 4.74 Å². The second-order valence-electron chi connectivity index (χ2n) is 9.22. The molecule has 0 spiro atoms. The van der Waals surface area contributed by atoms with E-state index in [2.05, 4.69) is 51.2 Å². The van der Waals surface area contributed by atoms with Crippen molar-refractivity contribution in [2.24, 2.45) is 0 Å². The molecule has 180 valence electrons. The quantitative estimate of drug-likeness (QED) is 0.603. The number of benzene rings is 2. The van der Waals surface area contributed by atoms with Crippen LogP contribution in [0.2, 0.25) is 0 Å². The largest absolute Gasteiger partial charge is 0.376 e. The van der Waals surface area contributed by atoms with Crippen molar-refractivity contribution >= 4 is 17.3 Å². The van der Waals surface area contributed by atoms with E-state index >= 15 is 0 Å². The minimum atomic E-state index is -0.657. The van der Waals surface area contributed by atoms with Crippen molar-refractivity contribution < 1.29 is 13.5 Å². The first-order valence-electron chi connectivity index (χ1n) is 11.8. The standard InChI is InChI=1S/C25H30F2N6O/c1-17-9-21(29-25-28-16-33(30-25)24-12-19(26)11-20(27)13-24)14-23(10-17)31-5-3-22(4-6-31)32-7-8-34-18(2)15-32/h9-14,16,18,22H,3-8,15H2,1-2H3,(H,29,30). The Morgan fingerprint density at radius 3 is 2.47 bits per heavy atom. The maximum atomic E-state index is 13.6. The molecule has 5 rings (SSSR count). The highest BCUT2D eigenvalue weighted by Gasteiger charge is 2.28. The molecule has 2 aliphatic rings. The van der Waals surface area contributed by atoms with E-state index < -0.39 is 11.6 Å². The molecule has 0 saturated carbocycles. The monoisotopic (exact) mass is 468 g/mol. The Morgan fingerprint density at radius 2 is 1.74 bits per heavy atom. The van der Waals surface area contributed by atoms with Gasteiger partial charge in [-0.05, 0) is 62.6 Å². The highest BCUT2D eigenvalue weighted by atomic mass is 19.1. The van der Waals surface area contributed by atoms with Gasteiger partial charge in [0.25, 0.3) is 0 Å². The Labute approximate surface area is 198 Å². The number of hydrogen-bond donors (Lipinski definition) is 1. The van der Waals surface area contributed by atoms with Crippen LogP contribution in [0.5, 0.6) is 0 Å². The summed E-state index contributed by atoms with van der Waals surface area (Å²) in [5.41, 5.74) is 3.46. The number of aromatic nitrogens is 3. The van der Waals surface area contributed by atoms with Crippen molar-refractivity contribution in [1.29, 1.82) is 0 Å². The minimum Gasteiger partial charge on any atom is -0.376 e. The number of morpholine rings is 1. The molecule has 0 amide bonds. The summed E-state index contributed by atoms with van der Waals surface area (Å²) in [6, 6.07) is 10.2. The average molecular weight is 469 g/mol. The molecule has 1 N–H and O–H groups in total. The number of aryl methyl sites for hydroxylation is 1. The Bertz CT molecular complexity index is 1120. The zero-order valence-corrected chi connectivity index (χ0v) is 19.5. The van der Waals surface area contributed by atoms with Gasteiger partial charge in [-0.1, -0.05) is 0 Å². The lowest BCUT2D eigenvalue weighted by molar-refractivity contribution is -0.0373. The van der Waals surface area contributed by atoms with E-state index in [1.54, 1.807) is 0 Å². The molecular formula is C25H30F2N6O. The third-order valence-corrected chi connectivity index (χ3v) is 6.54. The number of hydrogen-bond acceptors (Lipinski definition) is 6. The first-order valence-corrected chi connectivity index (χ1v) is 11.8. The van der Waals surface area contributed by atoms with Gasteiger partial charge in [0, 0.05) is 49.7 Å². The molecule has 34 heavy (non-hydrogen) atoms. The van der Waals surface area contributed by atoms with E-state index in [-0.39, 0.29) is 5.69 Å². The van der Waals surface area contributed by atoms with Gasteiger partial charge in [0.15, 0.2) is 0 Å². The summed E-state index contributed by atoms with van der Waals surface area (Å²) in [5.74, 6) is -0.952. The van der Waals surface area contributed by atoms with Crippen molar-refractivity contribution in [3.05, 3.63) is 59.9 Å². The maximum Gasteiger partial charge on any atom is 0.246 e. The lowest BCUT2D eigenvalue weighted by atomic mass is 10.0. The number of rotatable bonds is 5. The van der Waals surface area contributed by atoms with Crippen molar-refractivity contribution in [3.8, 4) is 5.69 Å². The van der Waals surface area contributed by atoms with Crippen LogP contribution >= 0.6 is 0 Å². The molecule has 1 aromatic heterocycles. The fourth-order valence-corrected chi connectivity index (χ4v) is 4.93. The van der Waals surface area contributed by atoms with E-state index in [0.29, 0.717) is 18.1 Å². The smallest absolute Gasteiger partial charge is 0.246 e. The fourth-order valence-electron chi connectivity index (χ4n) is 4.93. The minimum absolute atomic E-state index is 0.278. The van der Waals surface area contributed by atoms with Crippen LogP contribution in [0, 0.1) is 18.6 Å². The van der Waals surface area contributed by atoms with E-state index in [1.807, 2.05) is 6.07 Å². The van der Waals surface area contributed by atoms with Gasteiger partial charge in [0.1, 0.15) is 18.0 Å². The number of nitrogens with one attached hydrogen (secondary N) is 1. The molecule has 3 aromatic rings. The van der Waals surface area contributed by atoms with Crippen molar-refractivity contribution in [2.45, 2.75) is 38.8 Å². The first kappa shape index (κ1) is 22.7. The summed E-state index contributed by atoms with van der Waals surface area (Å²) in [5, 5.41) is 7.56. The highest BCUT2D eigenvalue weighted by Crippen LogP contribution is 2.28. The predicted molar refractivity (Wildman–Crippen MR) is 128 cm³/mol. The molecule has 0 aliphatic carbocycles. The van der Waals surface area contributed by atoms with Crippen molar-refractivity contribution in [2.75, 3.05) is 43.0 Å². The second-order valence-corrected chi connectivity index (χ2v) is 9.22. The average Bonchev–Trinajstić information content (AvgIpc) is 3.27. The summed E-state index contributed by atoms with van der Waals surface area (Å²) < 4.78 is 34.1. The van der Waals surface area contributed by atoms with Gasteiger partial charge in [0.2, 0.25) is 5.95 Å². The molecule has 1 unspecified atom stereocenters. The normalized spacial score (nSPS) is 20.0. The van der Waals surface area contributed by atoms with Gasteiger partial charge in [0.05, 0.1) is 18.4 Å². The zero-order valence-electron chi connectivity index (χ0n) is 19.5. The maximum absolute atomic E-state index is 13.6. The van der Waals surface area contributed by atoms with Crippen LogP contribution in [0.1, 0.15) is 25.3 Å². The first-order chi connectivity index (χ1) is 16.4. The second kappa shape index (κ2) is 9.68. The van der Waals surface area contributed by atoms with Crippen LogP contribution in [0.3, 0.4) is 0 Å². The van der Waals surface area contributed by atoms with Crippen LogP contribution < -0.4 is 10.2 Å². The summed E-state index contributed by atoms with van der Waals surface area (Å²) in [6.45, 7) is 9.11.